The van der Waals surface area contributed by atoms with E-state index < -0.39 is 0 Å². The molecule has 4 rings (SSSR count). The quantitative estimate of drug-likeness (QED) is 0.832. The van der Waals surface area contributed by atoms with Gasteiger partial charge in [0, 0.05) is 43.3 Å². The molecule has 2 aromatic heterocycles. The number of amides is 1. The van der Waals surface area contributed by atoms with E-state index in [1.54, 1.807) is 0 Å². The van der Waals surface area contributed by atoms with E-state index in [2.05, 4.69) is 20.2 Å². The molecule has 0 bridgehead atoms. The Morgan fingerprint density at radius 2 is 1.93 bits per heavy atom. The first kappa shape index (κ1) is 19.3. The predicted molar refractivity (Wildman–Crippen MR) is 113 cm³/mol. The lowest BCUT2D eigenvalue weighted by Gasteiger charge is -2.40. The first-order valence-corrected chi connectivity index (χ1v) is 11.2. The van der Waals surface area contributed by atoms with Crippen molar-refractivity contribution in [2.75, 3.05) is 31.5 Å². The molecule has 2 aromatic rings. The number of nitrogens with zero attached hydrogens (tertiary/aromatic N) is 4. The molecule has 7 heteroatoms. The first-order chi connectivity index (χ1) is 13.7. The molecular weight excluding hydrogens is 370 g/mol. The summed E-state index contributed by atoms with van der Waals surface area (Å²) in [6.45, 7) is 5.68. The van der Waals surface area contributed by atoms with Crippen LogP contribution in [0.2, 0.25) is 0 Å². The highest BCUT2D eigenvalue weighted by Crippen LogP contribution is 2.24. The molecular formula is C21H29N5OS. The molecule has 6 nitrogen and oxygen atoms in total. The first-order valence-electron chi connectivity index (χ1n) is 10.3. The standard InChI is InChI=1S/C21H29N5OS/c1-16-6-5-9-19(22-16)24-21-23-17(15-28-21)14-20(27)26-12-10-25(11-13-26)18-7-3-2-4-8-18/h5-6,9,15,18H,2-4,7-8,10-14H2,1H3,(H,22,23,24). The molecule has 1 saturated heterocycles. The summed E-state index contributed by atoms with van der Waals surface area (Å²) in [4.78, 5) is 26.3. The highest BCUT2D eigenvalue weighted by molar-refractivity contribution is 7.13. The van der Waals surface area contributed by atoms with Gasteiger partial charge in [-0.1, -0.05) is 25.3 Å². The van der Waals surface area contributed by atoms with Crippen molar-refractivity contribution in [2.45, 2.75) is 51.5 Å². The second-order valence-electron chi connectivity index (χ2n) is 7.82. The molecule has 2 fully saturated rings. The van der Waals surface area contributed by atoms with E-state index in [9.17, 15) is 4.79 Å². The molecule has 1 amide bonds. The van der Waals surface area contributed by atoms with E-state index in [0.29, 0.717) is 6.42 Å². The summed E-state index contributed by atoms with van der Waals surface area (Å²) in [5, 5.41) is 5.97. The van der Waals surface area contributed by atoms with Gasteiger partial charge >= 0.3 is 0 Å². The lowest BCUT2D eigenvalue weighted by atomic mass is 9.94. The molecule has 0 unspecified atom stereocenters. The van der Waals surface area contributed by atoms with Crippen LogP contribution in [-0.2, 0) is 11.2 Å². The Kier molecular flexibility index (Phi) is 6.22. The predicted octanol–water partition coefficient (Wildman–Crippen LogP) is 3.61. The summed E-state index contributed by atoms with van der Waals surface area (Å²) < 4.78 is 0. The third-order valence-electron chi connectivity index (χ3n) is 5.77. The zero-order valence-electron chi connectivity index (χ0n) is 16.6. The maximum absolute atomic E-state index is 12.7. The van der Waals surface area contributed by atoms with Crippen LogP contribution in [0.25, 0.3) is 0 Å². The zero-order valence-corrected chi connectivity index (χ0v) is 17.4. The Balaban J connectivity index is 1.27. The van der Waals surface area contributed by atoms with Crippen LogP contribution in [0.4, 0.5) is 10.9 Å². The molecule has 1 saturated carbocycles. The van der Waals surface area contributed by atoms with Crippen LogP contribution in [0, 0.1) is 6.92 Å². The molecule has 0 atom stereocenters. The molecule has 0 radical (unpaired) electrons. The SMILES string of the molecule is Cc1cccc(Nc2nc(CC(=O)N3CCN(C4CCCCC4)CC3)cs2)n1. The normalized spacial score (nSPS) is 19.0. The van der Waals surface area contributed by atoms with E-state index in [1.165, 1.54) is 43.4 Å². The van der Waals surface area contributed by atoms with Crippen LogP contribution in [0.15, 0.2) is 23.6 Å². The Hall–Kier alpha value is -1.99. The minimum Gasteiger partial charge on any atom is -0.340 e. The number of pyridine rings is 1. The topological polar surface area (TPSA) is 61.4 Å². The summed E-state index contributed by atoms with van der Waals surface area (Å²) in [6, 6.07) is 6.60. The van der Waals surface area contributed by atoms with Gasteiger partial charge < -0.3 is 10.2 Å². The van der Waals surface area contributed by atoms with Crippen molar-refractivity contribution in [3.63, 3.8) is 0 Å². The molecule has 0 aromatic carbocycles. The summed E-state index contributed by atoms with van der Waals surface area (Å²) in [5.74, 6) is 0.972. The fourth-order valence-electron chi connectivity index (χ4n) is 4.22. The van der Waals surface area contributed by atoms with Gasteiger partial charge in [0.15, 0.2) is 5.13 Å². The average Bonchev–Trinajstić information content (AvgIpc) is 3.15. The Labute approximate surface area is 171 Å². The number of piperazine rings is 1. The lowest BCUT2D eigenvalue weighted by molar-refractivity contribution is -0.132. The number of rotatable bonds is 5. The van der Waals surface area contributed by atoms with Crippen molar-refractivity contribution in [3.05, 3.63) is 35.0 Å². The Bertz CT molecular complexity index is 794. The van der Waals surface area contributed by atoms with Gasteiger partial charge in [0.05, 0.1) is 12.1 Å². The summed E-state index contributed by atoms with van der Waals surface area (Å²) >= 11 is 1.52. The Morgan fingerprint density at radius 3 is 2.68 bits per heavy atom. The number of hydrogen-bond acceptors (Lipinski definition) is 6. The number of nitrogens with one attached hydrogen (secondary N) is 1. The van der Waals surface area contributed by atoms with Crippen LogP contribution < -0.4 is 5.32 Å². The largest absolute Gasteiger partial charge is 0.340 e. The van der Waals surface area contributed by atoms with Crippen molar-refractivity contribution >= 4 is 28.2 Å². The van der Waals surface area contributed by atoms with Gasteiger partial charge in [-0.3, -0.25) is 9.69 Å². The molecule has 1 aliphatic heterocycles. The smallest absolute Gasteiger partial charge is 0.228 e. The van der Waals surface area contributed by atoms with Gasteiger partial charge in [0.25, 0.3) is 0 Å². The van der Waals surface area contributed by atoms with Crippen molar-refractivity contribution in [3.8, 4) is 0 Å². The molecule has 1 N–H and O–H groups in total. The third kappa shape index (κ3) is 4.89. The van der Waals surface area contributed by atoms with Crippen LogP contribution in [-0.4, -0.2) is 57.9 Å². The lowest BCUT2D eigenvalue weighted by Crippen LogP contribution is -2.52. The van der Waals surface area contributed by atoms with Crippen LogP contribution in [0.3, 0.4) is 0 Å². The van der Waals surface area contributed by atoms with Gasteiger partial charge in [-0.15, -0.1) is 11.3 Å². The molecule has 150 valence electrons. The van der Waals surface area contributed by atoms with Gasteiger partial charge in [0.1, 0.15) is 5.82 Å². The molecule has 3 heterocycles. The van der Waals surface area contributed by atoms with Crippen molar-refractivity contribution in [1.29, 1.82) is 0 Å². The van der Waals surface area contributed by atoms with Crippen molar-refractivity contribution in [2.24, 2.45) is 0 Å². The van der Waals surface area contributed by atoms with E-state index in [0.717, 1.165) is 54.6 Å². The highest BCUT2D eigenvalue weighted by atomic mass is 32.1. The molecule has 1 aliphatic carbocycles. The number of carbonyl (C=O) groups is 1. The second-order valence-corrected chi connectivity index (χ2v) is 8.68. The highest BCUT2D eigenvalue weighted by Gasteiger charge is 2.27. The van der Waals surface area contributed by atoms with Crippen molar-refractivity contribution < 1.29 is 4.79 Å². The summed E-state index contributed by atoms with van der Waals surface area (Å²) in [5.41, 5.74) is 1.80. The van der Waals surface area contributed by atoms with Crippen LogP contribution >= 0.6 is 11.3 Å². The number of hydrogen-bond donors (Lipinski definition) is 1. The monoisotopic (exact) mass is 399 g/mol. The van der Waals surface area contributed by atoms with Gasteiger partial charge in [-0.2, -0.15) is 0 Å². The minimum absolute atomic E-state index is 0.189. The number of carbonyl (C=O) groups excluding carboxylic acids is 1. The fourth-order valence-corrected chi connectivity index (χ4v) is 4.93. The number of aromatic nitrogens is 2. The van der Waals surface area contributed by atoms with Crippen LogP contribution in [0.1, 0.15) is 43.5 Å². The maximum atomic E-state index is 12.7. The zero-order chi connectivity index (χ0) is 19.3. The molecule has 28 heavy (non-hydrogen) atoms. The van der Waals surface area contributed by atoms with Gasteiger partial charge in [-0.25, -0.2) is 9.97 Å². The van der Waals surface area contributed by atoms with E-state index >= 15 is 0 Å². The van der Waals surface area contributed by atoms with E-state index in [1.807, 2.05) is 35.4 Å². The van der Waals surface area contributed by atoms with E-state index in [4.69, 9.17) is 0 Å². The molecule has 0 spiro atoms. The summed E-state index contributed by atoms with van der Waals surface area (Å²) in [6.07, 6.45) is 7.16. The van der Waals surface area contributed by atoms with Gasteiger partial charge in [-0.05, 0) is 31.9 Å². The van der Waals surface area contributed by atoms with E-state index in [-0.39, 0.29) is 5.91 Å². The molecule has 2 aliphatic rings. The van der Waals surface area contributed by atoms with Gasteiger partial charge in [0.2, 0.25) is 5.91 Å². The van der Waals surface area contributed by atoms with Crippen LogP contribution in [0.5, 0.6) is 0 Å². The third-order valence-corrected chi connectivity index (χ3v) is 6.57. The minimum atomic E-state index is 0.189. The second kappa shape index (κ2) is 9.01. The fraction of sp³-hybridized carbons (Fsp3) is 0.571. The summed E-state index contributed by atoms with van der Waals surface area (Å²) in [7, 11) is 0. The number of aryl methyl sites for hydroxylation is 1. The number of anilines is 2. The maximum Gasteiger partial charge on any atom is 0.228 e. The average molecular weight is 400 g/mol. The van der Waals surface area contributed by atoms with Crippen molar-refractivity contribution in [1.82, 2.24) is 19.8 Å². The number of thiazole rings is 1. The Morgan fingerprint density at radius 1 is 1.14 bits per heavy atom.